The highest BCUT2D eigenvalue weighted by Crippen LogP contribution is 2.06. The van der Waals surface area contributed by atoms with Crippen molar-refractivity contribution in [2.45, 2.75) is 26.7 Å². The summed E-state index contributed by atoms with van der Waals surface area (Å²) in [5.74, 6) is 0.615. The second-order valence-corrected chi connectivity index (χ2v) is 2.56. The molecule has 0 spiro atoms. The van der Waals surface area contributed by atoms with Crippen LogP contribution in [-0.2, 0) is 0 Å². The fourth-order valence-electron chi connectivity index (χ4n) is 1.27. The molecule has 1 aliphatic rings. The predicted molar refractivity (Wildman–Crippen MR) is 47.5 cm³/mol. The van der Waals surface area contributed by atoms with Gasteiger partial charge in [-0.2, -0.15) is 0 Å². The van der Waals surface area contributed by atoms with E-state index in [9.17, 15) is 0 Å². The summed E-state index contributed by atoms with van der Waals surface area (Å²) in [7, 11) is 0. The second kappa shape index (κ2) is 7.61. The van der Waals surface area contributed by atoms with Crippen molar-refractivity contribution in [2.24, 2.45) is 5.92 Å². The third-order valence-corrected chi connectivity index (χ3v) is 1.81. The van der Waals surface area contributed by atoms with Gasteiger partial charge >= 0.3 is 0 Å². The van der Waals surface area contributed by atoms with Crippen LogP contribution in [0.1, 0.15) is 26.7 Å². The highest BCUT2D eigenvalue weighted by molar-refractivity contribution is 4.82. The Morgan fingerprint density at radius 2 is 2.18 bits per heavy atom. The summed E-state index contributed by atoms with van der Waals surface area (Å²) in [6.07, 6.45) is 5.59. The van der Waals surface area contributed by atoms with Gasteiger partial charge < -0.3 is 10.4 Å². The molecule has 0 amide bonds. The van der Waals surface area contributed by atoms with Crippen LogP contribution in [0.3, 0.4) is 0 Å². The minimum Gasteiger partial charge on any atom is -0.516 e. The van der Waals surface area contributed by atoms with Gasteiger partial charge in [0.2, 0.25) is 0 Å². The molecule has 1 unspecified atom stereocenters. The molecular formula is C9H20NO+. The quantitative estimate of drug-likeness (QED) is 0.550. The van der Waals surface area contributed by atoms with Gasteiger partial charge in [0.15, 0.2) is 0 Å². The molecule has 66 valence electrons. The Kier molecular flexibility index (Phi) is 7.26. The van der Waals surface area contributed by atoms with Crippen molar-refractivity contribution < 1.29 is 10.4 Å². The lowest BCUT2D eigenvalue weighted by Crippen LogP contribution is -2.87. The lowest BCUT2D eigenvalue weighted by Gasteiger charge is -2.15. The van der Waals surface area contributed by atoms with Gasteiger partial charge in [0.1, 0.15) is 0 Å². The average Bonchev–Trinajstić information content (AvgIpc) is 2.11. The monoisotopic (exact) mass is 158 g/mol. The third kappa shape index (κ3) is 4.85. The van der Waals surface area contributed by atoms with Gasteiger partial charge in [0, 0.05) is 5.92 Å². The summed E-state index contributed by atoms with van der Waals surface area (Å²) >= 11 is 0. The van der Waals surface area contributed by atoms with E-state index in [4.69, 9.17) is 5.11 Å². The van der Waals surface area contributed by atoms with Crippen molar-refractivity contribution >= 4 is 0 Å². The molecule has 0 bridgehead atoms. The number of nitrogens with two attached hydrogens (primary N) is 1. The van der Waals surface area contributed by atoms with Gasteiger partial charge in [-0.1, -0.05) is 13.8 Å². The van der Waals surface area contributed by atoms with Crippen LogP contribution in [0.4, 0.5) is 0 Å². The lowest BCUT2D eigenvalue weighted by atomic mass is 10.0. The molecule has 1 rings (SSSR count). The molecule has 0 aromatic carbocycles. The molecule has 1 heterocycles. The number of aliphatic hydroxyl groups is 1. The lowest BCUT2D eigenvalue weighted by molar-refractivity contribution is -0.667. The maximum atomic E-state index is 8.42. The van der Waals surface area contributed by atoms with Gasteiger partial charge in [-0.05, 0) is 18.9 Å². The first-order valence-electron chi connectivity index (χ1n) is 4.56. The molecule has 3 N–H and O–H groups in total. The average molecular weight is 158 g/mol. The van der Waals surface area contributed by atoms with Crippen molar-refractivity contribution in [1.82, 2.24) is 0 Å². The van der Waals surface area contributed by atoms with E-state index < -0.39 is 0 Å². The Balaban J connectivity index is 0.000000461. The predicted octanol–water partition coefficient (Wildman–Crippen LogP) is 1.06. The topological polar surface area (TPSA) is 36.8 Å². The van der Waals surface area contributed by atoms with Crippen molar-refractivity contribution in [3.05, 3.63) is 12.3 Å². The zero-order valence-corrected chi connectivity index (χ0v) is 7.59. The maximum absolute atomic E-state index is 8.42. The second-order valence-electron chi connectivity index (χ2n) is 2.56. The number of hydrogen-bond acceptors (Lipinski definition) is 1. The van der Waals surface area contributed by atoms with Crippen molar-refractivity contribution in [1.29, 1.82) is 0 Å². The normalized spacial score (nSPS) is 24.4. The van der Waals surface area contributed by atoms with Crippen molar-refractivity contribution in [2.75, 3.05) is 13.1 Å². The van der Waals surface area contributed by atoms with Gasteiger partial charge in [-0.25, -0.2) is 0 Å². The number of hydrogen-bond donors (Lipinski definition) is 2. The highest BCUT2D eigenvalue weighted by atomic mass is 16.2. The van der Waals surface area contributed by atoms with Gasteiger partial charge in [0.25, 0.3) is 0 Å². The molecule has 0 aromatic heterocycles. The van der Waals surface area contributed by atoms with Crippen molar-refractivity contribution in [3.63, 3.8) is 0 Å². The van der Waals surface area contributed by atoms with Crippen LogP contribution >= 0.6 is 0 Å². The fraction of sp³-hybridized carbons (Fsp3) is 0.778. The summed E-state index contributed by atoms with van der Waals surface area (Å²) in [6.45, 7) is 6.41. The van der Waals surface area contributed by atoms with Crippen LogP contribution in [-0.4, -0.2) is 18.2 Å². The smallest absolute Gasteiger partial charge is 0.0820 e. The molecule has 11 heavy (non-hydrogen) atoms. The molecular weight excluding hydrogens is 138 g/mol. The third-order valence-electron chi connectivity index (χ3n) is 1.81. The number of piperidine rings is 1. The molecule has 1 atom stereocenters. The van der Waals surface area contributed by atoms with Gasteiger partial charge in [0.05, 0.1) is 19.4 Å². The van der Waals surface area contributed by atoms with Crippen molar-refractivity contribution in [3.8, 4) is 0 Å². The molecule has 0 aromatic rings. The molecule has 1 aliphatic heterocycles. The van der Waals surface area contributed by atoms with Crippen LogP contribution in [0.5, 0.6) is 0 Å². The Bertz CT molecular complexity index is 95.7. The van der Waals surface area contributed by atoms with E-state index in [0.29, 0.717) is 5.92 Å². The van der Waals surface area contributed by atoms with Gasteiger partial charge in [-0.3, -0.25) is 0 Å². The first kappa shape index (κ1) is 10.5. The molecule has 2 heteroatoms. The summed E-state index contributed by atoms with van der Waals surface area (Å²) in [5, 5.41) is 10.7. The summed E-state index contributed by atoms with van der Waals surface area (Å²) in [6, 6.07) is 0. The first-order valence-corrected chi connectivity index (χ1v) is 4.56. The maximum Gasteiger partial charge on any atom is 0.0820 e. The molecule has 2 nitrogen and oxygen atoms in total. The molecule has 0 aliphatic carbocycles. The number of quaternary nitrogens is 1. The minimum atomic E-state index is 0.615. The van der Waals surface area contributed by atoms with Crippen LogP contribution in [0, 0.1) is 5.92 Å². The van der Waals surface area contributed by atoms with E-state index in [1.165, 1.54) is 25.6 Å². The zero-order chi connectivity index (χ0) is 8.53. The van der Waals surface area contributed by atoms with Crippen LogP contribution in [0.15, 0.2) is 12.3 Å². The van der Waals surface area contributed by atoms with Crippen LogP contribution in [0.2, 0.25) is 0 Å². The number of rotatable bonds is 1. The Morgan fingerprint density at radius 1 is 1.45 bits per heavy atom. The zero-order valence-electron chi connectivity index (χ0n) is 7.59. The summed E-state index contributed by atoms with van der Waals surface area (Å²) in [5.41, 5.74) is 0. The van der Waals surface area contributed by atoms with Gasteiger partial charge in [-0.15, -0.1) is 0 Å². The molecule has 0 radical (unpaired) electrons. The molecule has 0 saturated carbocycles. The summed E-state index contributed by atoms with van der Waals surface area (Å²) in [4.78, 5) is 0. The summed E-state index contributed by atoms with van der Waals surface area (Å²) < 4.78 is 0. The number of aliphatic hydroxyl groups excluding tert-OH is 1. The van der Waals surface area contributed by atoms with E-state index in [1.807, 2.05) is 19.9 Å². The first-order chi connectivity index (χ1) is 5.43. The van der Waals surface area contributed by atoms with E-state index in [0.717, 1.165) is 6.54 Å². The minimum absolute atomic E-state index is 0.615. The van der Waals surface area contributed by atoms with E-state index in [-0.39, 0.29) is 0 Å². The Labute approximate surface area is 69.3 Å². The SMILES string of the molecule is CC.OC=CC1CCC[NH2+]C1. The Morgan fingerprint density at radius 3 is 2.64 bits per heavy atom. The van der Waals surface area contributed by atoms with Crippen LogP contribution in [0.25, 0.3) is 0 Å². The van der Waals surface area contributed by atoms with Crippen LogP contribution < -0.4 is 5.32 Å². The largest absolute Gasteiger partial charge is 0.516 e. The molecule has 1 fully saturated rings. The Hall–Kier alpha value is -0.500. The highest BCUT2D eigenvalue weighted by Gasteiger charge is 2.11. The standard InChI is InChI=1S/C7H13NO.C2H6/c9-5-3-7-2-1-4-8-6-7;1-2/h3,5,7-9H,1-2,4,6H2;1-2H3/p+1. The van der Waals surface area contributed by atoms with E-state index in [2.05, 4.69) is 5.32 Å². The fourth-order valence-corrected chi connectivity index (χ4v) is 1.27. The van der Waals surface area contributed by atoms with E-state index in [1.54, 1.807) is 0 Å². The molecule has 1 saturated heterocycles. The van der Waals surface area contributed by atoms with E-state index >= 15 is 0 Å².